The van der Waals surface area contributed by atoms with Crippen molar-refractivity contribution in [2.45, 2.75) is 43.3 Å². The molecule has 19 heavy (non-hydrogen) atoms. The number of tetrazole rings is 1. The first kappa shape index (κ1) is 12.5. The minimum atomic E-state index is 0.573. The molecule has 0 unspecified atom stereocenters. The largest absolute Gasteiger partial charge is 0.340 e. The maximum Gasteiger partial charge on any atom is 0.223 e. The average Bonchev–Trinajstić information content (AvgIpc) is 2.95. The maximum absolute atomic E-state index is 4.92. The molecule has 1 saturated carbocycles. The fourth-order valence-corrected chi connectivity index (χ4v) is 2.38. The third-order valence-electron chi connectivity index (χ3n) is 2.73. The summed E-state index contributed by atoms with van der Waals surface area (Å²) in [6.45, 7) is 3.44. The number of aromatic nitrogens is 6. The zero-order valence-electron chi connectivity index (χ0n) is 10.6. The predicted molar refractivity (Wildman–Crippen MR) is 67.4 cm³/mol. The quantitative estimate of drug-likeness (QED) is 0.729. The minimum absolute atomic E-state index is 0.573. The van der Waals surface area contributed by atoms with Crippen molar-refractivity contribution in [3.8, 4) is 0 Å². The Morgan fingerprint density at radius 3 is 3.11 bits per heavy atom. The van der Waals surface area contributed by atoms with Gasteiger partial charge in [0.05, 0.1) is 12.3 Å². The summed E-state index contributed by atoms with van der Waals surface area (Å²) in [5.41, 5.74) is 0. The Labute approximate surface area is 114 Å². The lowest BCUT2D eigenvalue weighted by Crippen LogP contribution is -2.22. The van der Waals surface area contributed by atoms with Gasteiger partial charge in [0.2, 0.25) is 11.0 Å². The van der Waals surface area contributed by atoms with Crippen LogP contribution in [0.15, 0.2) is 9.68 Å². The lowest BCUT2D eigenvalue weighted by atomic mass is 10.6. The Morgan fingerprint density at radius 2 is 2.37 bits per heavy atom. The highest BCUT2D eigenvalue weighted by Crippen LogP contribution is 2.19. The van der Waals surface area contributed by atoms with E-state index in [4.69, 9.17) is 4.52 Å². The monoisotopic (exact) mass is 281 g/mol. The van der Waals surface area contributed by atoms with E-state index in [1.165, 1.54) is 24.6 Å². The molecule has 0 saturated heterocycles. The Bertz CT molecular complexity index is 535. The van der Waals surface area contributed by atoms with Gasteiger partial charge in [0.25, 0.3) is 0 Å². The van der Waals surface area contributed by atoms with Crippen molar-refractivity contribution in [2.75, 3.05) is 6.54 Å². The number of rotatable bonds is 7. The van der Waals surface area contributed by atoms with Gasteiger partial charge in [-0.05, 0) is 23.3 Å². The van der Waals surface area contributed by atoms with Crippen molar-refractivity contribution in [3.63, 3.8) is 0 Å². The van der Waals surface area contributed by atoms with Gasteiger partial charge in [-0.1, -0.05) is 16.9 Å². The molecule has 1 N–H and O–H groups in total. The summed E-state index contributed by atoms with van der Waals surface area (Å²) < 4.78 is 6.72. The van der Waals surface area contributed by atoms with Gasteiger partial charge in [-0.2, -0.15) is 4.98 Å². The van der Waals surface area contributed by atoms with Crippen molar-refractivity contribution in [1.82, 2.24) is 35.7 Å². The van der Waals surface area contributed by atoms with Gasteiger partial charge in [0.1, 0.15) is 0 Å². The van der Waals surface area contributed by atoms with Gasteiger partial charge in [-0.15, -0.1) is 5.10 Å². The van der Waals surface area contributed by atoms with Crippen molar-refractivity contribution in [3.05, 3.63) is 11.7 Å². The summed E-state index contributed by atoms with van der Waals surface area (Å²) in [5.74, 6) is 1.84. The molecular formula is C10H15N7OS. The molecule has 2 aromatic heterocycles. The van der Waals surface area contributed by atoms with Crippen molar-refractivity contribution in [1.29, 1.82) is 0 Å². The number of hydrogen-bond donors (Lipinski definition) is 1. The molecule has 0 amide bonds. The molecule has 1 aliphatic carbocycles. The molecule has 2 aromatic rings. The molecular weight excluding hydrogens is 266 g/mol. The average molecular weight is 281 g/mol. The molecule has 8 nitrogen and oxygen atoms in total. The van der Waals surface area contributed by atoms with E-state index < -0.39 is 0 Å². The standard InChI is InChI=1S/C10H15N7OS/c1-7-12-9(14-18-7)6-19-10-13-15-16-17(10)5-4-11-8-2-3-8/h8,11H,2-6H2,1H3. The number of aryl methyl sites for hydroxylation is 1. The van der Waals surface area contributed by atoms with Gasteiger partial charge < -0.3 is 9.84 Å². The van der Waals surface area contributed by atoms with E-state index in [0.717, 1.165) is 18.2 Å². The Balaban J connectivity index is 1.50. The third kappa shape index (κ3) is 3.51. The lowest BCUT2D eigenvalue weighted by molar-refractivity contribution is 0.389. The molecule has 0 atom stereocenters. The van der Waals surface area contributed by atoms with Crippen LogP contribution in [0.3, 0.4) is 0 Å². The van der Waals surface area contributed by atoms with E-state index >= 15 is 0 Å². The Hall–Kier alpha value is -1.48. The van der Waals surface area contributed by atoms with Crippen LogP contribution in [0, 0.1) is 6.92 Å². The summed E-state index contributed by atoms with van der Waals surface area (Å²) in [7, 11) is 0. The molecule has 0 radical (unpaired) electrons. The number of nitrogens with zero attached hydrogens (tertiary/aromatic N) is 6. The van der Waals surface area contributed by atoms with Gasteiger partial charge in [0.15, 0.2) is 5.82 Å². The van der Waals surface area contributed by atoms with E-state index in [2.05, 4.69) is 31.0 Å². The van der Waals surface area contributed by atoms with Crippen LogP contribution >= 0.6 is 11.8 Å². The molecule has 3 rings (SSSR count). The summed E-state index contributed by atoms with van der Waals surface area (Å²) in [4.78, 5) is 4.14. The summed E-state index contributed by atoms with van der Waals surface area (Å²) >= 11 is 1.51. The molecule has 0 aliphatic heterocycles. The van der Waals surface area contributed by atoms with Crippen LogP contribution in [0.1, 0.15) is 24.6 Å². The van der Waals surface area contributed by atoms with Crippen LogP contribution in [0.25, 0.3) is 0 Å². The van der Waals surface area contributed by atoms with E-state index in [-0.39, 0.29) is 0 Å². The topological polar surface area (TPSA) is 94.5 Å². The fraction of sp³-hybridized carbons (Fsp3) is 0.700. The lowest BCUT2D eigenvalue weighted by Gasteiger charge is -2.04. The molecule has 0 bridgehead atoms. The smallest absolute Gasteiger partial charge is 0.223 e. The van der Waals surface area contributed by atoms with Gasteiger partial charge in [-0.25, -0.2) is 4.68 Å². The van der Waals surface area contributed by atoms with Crippen LogP contribution < -0.4 is 5.32 Å². The second kappa shape index (κ2) is 5.66. The first-order valence-corrected chi connectivity index (χ1v) is 7.21. The first-order valence-electron chi connectivity index (χ1n) is 6.23. The van der Waals surface area contributed by atoms with Crippen LogP contribution in [-0.4, -0.2) is 42.9 Å². The number of thioether (sulfide) groups is 1. The number of nitrogens with one attached hydrogen (secondary N) is 1. The highest BCUT2D eigenvalue weighted by Gasteiger charge is 2.20. The van der Waals surface area contributed by atoms with Crippen LogP contribution in [0.4, 0.5) is 0 Å². The van der Waals surface area contributed by atoms with E-state index in [9.17, 15) is 0 Å². The zero-order chi connectivity index (χ0) is 13.1. The predicted octanol–water partition coefficient (Wildman–Crippen LogP) is 0.409. The third-order valence-corrected chi connectivity index (χ3v) is 3.69. The molecule has 1 aliphatic rings. The molecule has 9 heteroatoms. The van der Waals surface area contributed by atoms with E-state index in [1.807, 2.05) is 0 Å². The summed E-state index contributed by atoms with van der Waals surface area (Å²) in [6, 6.07) is 0.704. The zero-order valence-corrected chi connectivity index (χ0v) is 11.4. The van der Waals surface area contributed by atoms with E-state index in [0.29, 0.717) is 23.5 Å². The van der Waals surface area contributed by atoms with Crippen molar-refractivity contribution in [2.24, 2.45) is 0 Å². The maximum atomic E-state index is 4.92. The highest BCUT2D eigenvalue weighted by molar-refractivity contribution is 7.98. The molecule has 1 fully saturated rings. The van der Waals surface area contributed by atoms with Crippen LogP contribution in [0.5, 0.6) is 0 Å². The second-order valence-corrected chi connectivity index (χ2v) is 5.37. The van der Waals surface area contributed by atoms with Crippen LogP contribution in [-0.2, 0) is 12.3 Å². The number of hydrogen-bond acceptors (Lipinski definition) is 8. The normalized spacial score (nSPS) is 15.0. The van der Waals surface area contributed by atoms with Crippen LogP contribution in [0.2, 0.25) is 0 Å². The summed E-state index contributed by atoms with van der Waals surface area (Å²) in [5, 5.41) is 19.7. The van der Waals surface area contributed by atoms with Crippen molar-refractivity contribution >= 4 is 11.8 Å². The van der Waals surface area contributed by atoms with E-state index in [1.54, 1.807) is 11.6 Å². The molecule has 0 aromatic carbocycles. The first-order chi connectivity index (χ1) is 9.31. The molecule has 2 heterocycles. The fourth-order valence-electron chi connectivity index (χ4n) is 1.63. The highest BCUT2D eigenvalue weighted by atomic mass is 32.2. The Kier molecular flexibility index (Phi) is 3.74. The van der Waals surface area contributed by atoms with Gasteiger partial charge in [-0.3, -0.25) is 0 Å². The minimum Gasteiger partial charge on any atom is -0.340 e. The second-order valence-electron chi connectivity index (χ2n) is 4.43. The van der Waals surface area contributed by atoms with Crippen molar-refractivity contribution < 1.29 is 4.52 Å². The molecule has 0 spiro atoms. The van der Waals surface area contributed by atoms with Gasteiger partial charge in [0, 0.05) is 19.5 Å². The Morgan fingerprint density at radius 1 is 1.47 bits per heavy atom. The van der Waals surface area contributed by atoms with Gasteiger partial charge >= 0.3 is 0 Å². The SMILES string of the molecule is Cc1nc(CSc2nnnn2CCNC2CC2)no1. The molecule has 102 valence electrons. The summed E-state index contributed by atoms with van der Waals surface area (Å²) in [6.07, 6.45) is 2.57.